The van der Waals surface area contributed by atoms with Crippen LogP contribution in [0.3, 0.4) is 0 Å². The zero-order valence-corrected chi connectivity index (χ0v) is 8.91. The first-order valence-electron chi connectivity index (χ1n) is 4.30. The van der Waals surface area contributed by atoms with E-state index in [1.165, 1.54) is 7.05 Å². The van der Waals surface area contributed by atoms with E-state index in [0.29, 0.717) is 0 Å². The molecule has 0 aromatic carbocycles. The second-order valence-corrected chi connectivity index (χ2v) is 2.42. The summed E-state index contributed by atoms with van der Waals surface area (Å²) in [5, 5.41) is 14.9. The third kappa shape index (κ3) is 13.3. The molecule has 0 heterocycles. The van der Waals surface area contributed by atoms with Crippen molar-refractivity contribution in [2.24, 2.45) is 5.73 Å². The molecule has 0 saturated heterocycles. The maximum atomic E-state index is 9.92. The summed E-state index contributed by atoms with van der Waals surface area (Å²) in [5.41, 5.74) is 4.93. The highest BCUT2D eigenvalue weighted by molar-refractivity contribution is 5.79. The summed E-state index contributed by atoms with van der Waals surface area (Å²) in [6.45, 7) is 5.44. The van der Waals surface area contributed by atoms with Gasteiger partial charge in [0.1, 0.15) is 6.54 Å². The van der Waals surface area contributed by atoms with E-state index in [0.717, 1.165) is 18.1 Å². The van der Waals surface area contributed by atoms with Gasteiger partial charge in [-0.3, -0.25) is 10.2 Å². The van der Waals surface area contributed by atoms with Crippen LogP contribution in [-0.4, -0.2) is 48.7 Å². The number of hydrogen-bond acceptors (Lipinski definition) is 3. The molecule has 0 atom stereocenters. The number of carboxylic acid groups (broad SMARTS) is 1. The highest BCUT2D eigenvalue weighted by Gasteiger charge is 2.03. The van der Waals surface area contributed by atoms with E-state index in [9.17, 15) is 4.79 Å². The summed E-state index contributed by atoms with van der Waals surface area (Å²) >= 11 is 0. The van der Waals surface area contributed by atoms with Gasteiger partial charge in [-0.05, 0) is 13.8 Å². The van der Waals surface area contributed by atoms with Crippen molar-refractivity contribution in [3.63, 3.8) is 0 Å². The normalized spacial score (nSPS) is 8.50. The van der Waals surface area contributed by atoms with Crippen LogP contribution in [-0.2, 0) is 9.53 Å². The van der Waals surface area contributed by atoms with Crippen molar-refractivity contribution < 1.29 is 14.6 Å². The summed E-state index contributed by atoms with van der Waals surface area (Å²) < 4.78 is 4.83. The topological polar surface area (TPSA) is 99.6 Å². The van der Waals surface area contributed by atoms with Gasteiger partial charge in [0.2, 0.25) is 0 Å². The smallest absolute Gasteiger partial charge is 0.323 e. The number of carboxylic acids is 1. The Balaban J connectivity index is 0. The summed E-state index contributed by atoms with van der Waals surface area (Å²) in [5.74, 6) is -1.23. The molecule has 0 unspecified atom stereocenters. The number of guanidine groups is 1. The van der Waals surface area contributed by atoms with Gasteiger partial charge >= 0.3 is 5.97 Å². The minimum atomic E-state index is -0.993. The number of nitrogens with one attached hydrogen (secondary N) is 1. The van der Waals surface area contributed by atoms with Crippen LogP contribution in [0.4, 0.5) is 0 Å². The van der Waals surface area contributed by atoms with Crippen molar-refractivity contribution in [1.29, 1.82) is 5.41 Å². The Morgan fingerprint density at radius 1 is 1.50 bits per heavy atom. The number of nitrogens with zero attached hydrogens (tertiary/aromatic N) is 1. The van der Waals surface area contributed by atoms with Crippen molar-refractivity contribution in [2.45, 2.75) is 13.8 Å². The average Bonchev–Trinajstić information content (AvgIpc) is 2.05. The van der Waals surface area contributed by atoms with Crippen molar-refractivity contribution in [3.8, 4) is 0 Å². The quantitative estimate of drug-likeness (QED) is 0.441. The molecule has 0 aliphatic heterocycles. The molecule has 0 aromatic heterocycles. The van der Waals surface area contributed by atoms with Gasteiger partial charge in [0.25, 0.3) is 0 Å². The number of carbonyl (C=O) groups is 1. The molecule has 0 saturated carbocycles. The number of aliphatic carboxylic acids is 1. The number of rotatable bonds is 4. The maximum Gasteiger partial charge on any atom is 0.323 e. The molecule has 6 heteroatoms. The van der Waals surface area contributed by atoms with Gasteiger partial charge in [-0.1, -0.05) is 0 Å². The van der Waals surface area contributed by atoms with Gasteiger partial charge in [-0.15, -0.1) is 0 Å². The largest absolute Gasteiger partial charge is 0.480 e. The van der Waals surface area contributed by atoms with Crippen molar-refractivity contribution in [3.05, 3.63) is 0 Å². The molecular formula is C8H19N3O3. The number of likely N-dealkylation sites (N-methyl/N-ethyl adjacent to an activating group) is 1. The van der Waals surface area contributed by atoms with Crippen molar-refractivity contribution >= 4 is 11.9 Å². The summed E-state index contributed by atoms with van der Waals surface area (Å²) in [6, 6.07) is 0. The highest BCUT2D eigenvalue weighted by Crippen LogP contribution is 1.76. The molecule has 0 radical (unpaired) electrons. The second kappa shape index (κ2) is 9.79. The Kier molecular flexibility index (Phi) is 10.6. The minimum Gasteiger partial charge on any atom is -0.480 e. The lowest BCUT2D eigenvalue weighted by molar-refractivity contribution is -0.137. The van der Waals surface area contributed by atoms with Crippen LogP contribution in [0, 0.1) is 5.41 Å². The summed E-state index contributed by atoms with van der Waals surface area (Å²) in [6.07, 6.45) is 0. The molecule has 0 aliphatic rings. The van der Waals surface area contributed by atoms with Crippen LogP contribution in [0.25, 0.3) is 0 Å². The van der Waals surface area contributed by atoms with Gasteiger partial charge in [-0.2, -0.15) is 0 Å². The van der Waals surface area contributed by atoms with E-state index in [1.807, 2.05) is 13.8 Å². The Morgan fingerprint density at radius 3 is 2.00 bits per heavy atom. The fraction of sp³-hybridized carbons (Fsp3) is 0.750. The molecule has 14 heavy (non-hydrogen) atoms. The van der Waals surface area contributed by atoms with Crippen LogP contribution in [0.5, 0.6) is 0 Å². The van der Waals surface area contributed by atoms with Gasteiger partial charge in [0, 0.05) is 20.3 Å². The molecule has 6 nitrogen and oxygen atoms in total. The maximum absolute atomic E-state index is 9.92. The fourth-order valence-electron chi connectivity index (χ4n) is 0.492. The van der Waals surface area contributed by atoms with E-state index in [2.05, 4.69) is 0 Å². The molecule has 0 rings (SSSR count). The molecule has 0 fully saturated rings. The molecule has 0 aromatic rings. The van der Waals surface area contributed by atoms with E-state index < -0.39 is 5.97 Å². The predicted octanol–water partition coefficient (Wildman–Crippen LogP) is -0.0609. The summed E-state index contributed by atoms with van der Waals surface area (Å²) in [7, 11) is 1.44. The fourth-order valence-corrected chi connectivity index (χ4v) is 0.492. The highest BCUT2D eigenvalue weighted by atomic mass is 16.5. The van der Waals surface area contributed by atoms with Gasteiger partial charge in [0.05, 0.1) is 0 Å². The van der Waals surface area contributed by atoms with Crippen LogP contribution in [0.1, 0.15) is 13.8 Å². The van der Waals surface area contributed by atoms with Crippen LogP contribution in [0.15, 0.2) is 0 Å². The molecule has 0 amide bonds. The summed E-state index contributed by atoms with van der Waals surface area (Å²) in [4.78, 5) is 11.0. The van der Waals surface area contributed by atoms with Gasteiger partial charge in [-0.25, -0.2) is 0 Å². The second-order valence-electron chi connectivity index (χ2n) is 2.42. The van der Waals surface area contributed by atoms with Crippen molar-refractivity contribution in [2.75, 3.05) is 26.8 Å². The zero-order chi connectivity index (χ0) is 11.6. The van der Waals surface area contributed by atoms with E-state index in [-0.39, 0.29) is 12.5 Å². The third-order valence-electron chi connectivity index (χ3n) is 1.19. The van der Waals surface area contributed by atoms with E-state index in [1.54, 1.807) is 0 Å². The van der Waals surface area contributed by atoms with Crippen molar-refractivity contribution in [1.82, 2.24) is 4.90 Å². The SMILES string of the molecule is CCOCC.CN(CC(=O)O)C(=N)N. The molecule has 0 spiro atoms. The van der Waals surface area contributed by atoms with E-state index in [4.69, 9.17) is 21.0 Å². The lowest BCUT2D eigenvalue weighted by Crippen LogP contribution is -2.36. The average molecular weight is 205 g/mol. The van der Waals surface area contributed by atoms with Crippen LogP contribution in [0.2, 0.25) is 0 Å². The number of nitrogens with two attached hydrogens (primary N) is 1. The Hall–Kier alpha value is -1.30. The lowest BCUT2D eigenvalue weighted by atomic mass is 10.6. The molecule has 84 valence electrons. The van der Waals surface area contributed by atoms with E-state index >= 15 is 0 Å². The Morgan fingerprint density at radius 2 is 1.93 bits per heavy atom. The molecular weight excluding hydrogens is 186 g/mol. The minimum absolute atomic E-state index is 0.227. The predicted molar refractivity (Wildman–Crippen MR) is 54.3 cm³/mol. The first-order valence-corrected chi connectivity index (χ1v) is 4.30. The molecule has 0 bridgehead atoms. The Bertz CT molecular complexity index is 171. The standard InChI is InChI=1S/C4H9N3O2.C4H10O/c1-7(4(5)6)2-3(8)9;1-3-5-4-2/h2H2,1H3,(H3,5,6)(H,8,9);3-4H2,1-2H3. The Labute approximate surface area is 84.2 Å². The number of ether oxygens (including phenoxy) is 1. The van der Waals surface area contributed by atoms with Gasteiger partial charge < -0.3 is 20.5 Å². The molecule has 0 aliphatic carbocycles. The number of hydrogen-bond donors (Lipinski definition) is 3. The van der Waals surface area contributed by atoms with Crippen LogP contribution >= 0.6 is 0 Å². The first-order chi connectivity index (χ1) is 6.45. The zero-order valence-electron chi connectivity index (χ0n) is 8.91. The molecule has 4 N–H and O–H groups in total. The van der Waals surface area contributed by atoms with Gasteiger partial charge in [0.15, 0.2) is 5.96 Å². The lowest BCUT2D eigenvalue weighted by Gasteiger charge is -2.12. The monoisotopic (exact) mass is 205 g/mol. The van der Waals surface area contributed by atoms with Crippen LogP contribution < -0.4 is 5.73 Å². The third-order valence-corrected chi connectivity index (χ3v) is 1.19. The first kappa shape index (κ1) is 15.2.